The zero-order chi connectivity index (χ0) is 12.5. The van der Waals surface area contributed by atoms with Crippen molar-refractivity contribution in [2.24, 2.45) is 5.16 Å². The maximum atomic E-state index is 9.53. The van der Waals surface area contributed by atoms with Gasteiger partial charge in [0.2, 0.25) is 0 Å². The Labute approximate surface area is 114 Å². The molecule has 1 atom stereocenters. The molecule has 0 aliphatic rings. The van der Waals surface area contributed by atoms with E-state index in [4.69, 9.17) is 4.84 Å². The van der Waals surface area contributed by atoms with Crippen molar-refractivity contribution >= 4 is 18.6 Å². The molecule has 2 N–H and O–H groups in total. The number of aliphatic hydroxyl groups excluding tert-OH is 1. The molecule has 1 rings (SSSR count). The van der Waals surface area contributed by atoms with Crippen LogP contribution in [0.4, 0.5) is 0 Å². The average molecular weight is 273 g/mol. The second-order valence-electron chi connectivity index (χ2n) is 4.16. The first kappa shape index (κ1) is 16.9. The number of hydrogen-bond acceptors (Lipinski definition) is 4. The maximum Gasteiger partial charge on any atom is 0.144 e. The van der Waals surface area contributed by atoms with Gasteiger partial charge < -0.3 is 15.3 Å². The minimum absolute atomic E-state index is 0. The minimum atomic E-state index is -0.537. The van der Waals surface area contributed by atoms with Crippen LogP contribution in [0.1, 0.15) is 19.4 Å². The Hall–Kier alpha value is -1.10. The highest BCUT2D eigenvalue weighted by molar-refractivity contribution is 5.85. The van der Waals surface area contributed by atoms with Crippen molar-refractivity contribution in [2.75, 3.05) is 13.2 Å². The summed E-state index contributed by atoms with van der Waals surface area (Å²) in [7, 11) is 0. The van der Waals surface area contributed by atoms with Crippen molar-refractivity contribution in [3.05, 3.63) is 35.9 Å². The second-order valence-corrected chi connectivity index (χ2v) is 4.16. The predicted octanol–water partition coefficient (Wildman–Crippen LogP) is 1.82. The number of rotatable bonds is 7. The molecule has 0 spiro atoms. The first-order valence-electron chi connectivity index (χ1n) is 5.80. The topological polar surface area (TPSA) is 53.8 Å². The zero-order valence-electron chi connectivity index (χ0n) is 10.7. The largest absolute Gasteiger partial charge is 0.393 e. The van der Waals surface area contributed by atoms with Gasteiger partial charge in [0.05, 0.1) is 6.21 Å². The van der Waals surface area contributed by atoms with E-state index in [0.29, 0.717) is 12.6 Å². The lowest BCUT2D eigenvalue weighted by molar-refractivity contribution is 0.0401. The van der Waals surface area contributed by atoms with Gasteiger partial charge in [-0.05, 0) is 5.56 Å². The first-order chi connectivity index (χ1) is 8.18. The number of nitrogens with one attached hydrogen (secondary N) is 1. The number of aliphatic hydroxyl groups is 1. The van der Waals surface area contributed by atoms with Crippen LogP contribution in [-0.2, 0) is 4.84 Å². The molecule has 0 bridgehead atoms. The lowest BCUT2D eigenvalue weighted by Crippen LogP contribution is -2.34. The van der Waals surface area contributed by atoms with Crippen LogP contribution in [0.15, 0.2) is 35.5 Å². The molecule has 1 unspecified atom stereocenters. The molecule has 0 saturated heterocycles. The minimum Gasteiger partial charge on any atom is -0.393 e. The van der Waals surface area contributed by atoms with Gasteiger partial charge in [-0.2, -0.15) is 0 Å². The standard InChI is InChI=1S/C13H20N2O2.ClH/c1-11(2)14-9-13(16)10-17-15-8-12-6-4-3-5-7-12;/h3-8,11,13-14,16H,9-10H2,1-2H3;1H/b15-8+;. The molecule has 0 amide bonds. The van der Waals surface area contributed by atoms with Crippen LogP contribution in [0.3, 0.4) is 0 Å². The molecule has 4 nitrogen and oxygen atoms in total. The first-order valence-corrected chi connectivity index (χ1v) is 5.80. The molecular weight excluding hydrogens is 252 g/mol. The van der Waals surface area contributed by atoms with Crippen LogP contribution in [-0.4, -0.2) is 36.6 Å². The third-order valence-electron chi connectivity index (χ3n) is 2.10. The van der Waals surface area contributed by atoms with E-state index in [9.17, 15) is 5.11 Å². The highest BCUT2D eigenvalue weighted by atomic mass is 35.5. The summed E-state index contributed by atoms with van der Waals surface area (Å²) in [6.45, 7) is 4.77. The Kier molecular flexibility index (Phi) is 9.28. The summed E-state index contributed by atoms with van der Waals surface area (Å²) >= 11 is 0. The van der Waals surface area contributed by atoms with Crippen molar-refractivity contribution in [3.63, 3.8) is 0 Å². The molecule has 0 fully saturated rings. The summed E-state index contributed by atoms with van der Waals surface area (Å²) < 4.78 is 0. The molecule has 1 aromatic rings. The summed E-state index contributed by atoms with van der Waals surface area (Å²) in [6, 6.07) is 10.0. The van der Waals surface area contributed by atoms with Crippen molar-refractivity contribution in [1.29, 1.82) is 0 Å². The Balaban J connectivity index is 0.00000289. The summed E-state index contributed by atoms with van der Waals surface area (Å²) in [4.78, 5) is 5.01. The number of nitrogens with zero attached hydrogens (tertiary/aromatic N) is 1. The van der Waals surface area contributed by atoms with Crippen LogP contribution in [0.25, 0.3) is 0 Å². The Morgan fingerprint density at radius 2 is 2.00 bits per heavy atom. The van der Waals surface area contributed by atoms with E-state index in [-0.39, 0.29) is 19.0 Å². The molecule has 0 aliphatic carbocycles. The van der Waals surface area contributed by atoms with Gasteiger partial charge in [0, 0.05) is 12.6 Å². The third kappa shape index (κ3) is 8.06. The van der Waals surface area contributed by atoms with Crippen molar-refractivity contribution in [2.45, 2.75) is 26.0 Å². The SMILES string of the molecule is CC(C)NCC(O)CO/N=C/c1ccccc1.Cl. The lowest BCUT2D eigenvalue weighted by Gasteiger charge is -2.12. The van der Waals surface area contributed by atoms with Crippen molar-refractivity contribution < 1.29 is 9.94 Å². The molecule has 0 aromatic heterocycles. The lowest BCUT2D eigenvalue weighted by atomic mass is 10.2. The fraction of sp³-hybridized carbons (Fsp3) is 0.462. The molecule has 102 valence electrons. The number of hydrogen-bond donors (Lipinski definition) is 2. The van der Waals surface area contributed by atoms with E-state index in [2.05, 4.69) is 10.5 Å². The van der Waals surface area contributed by atoms with E-state index in [0.717, 1.165) is 5.56 Å². The summed E-state index contributed by atoms with van der Waals surface area (Å²) in [6.07, 6.45) is 1.09. The molecular formula is C13H21ClN2O2. The Morgan fingerprint density at radius 1 is 1.33 bits per heavy atom. The van der Waals surface area contributed by atoms with Crippen LogP contribution in [0, 0.1) is 0 Å². The zero-order valence-corrected chi connectivity index (χ0v) is 11.6. The summed E-state index contributed by atoms with van der Waals surface area (Å²) in [5, 5.41) is 16.5. The van der Waals surface area contributed by atoms with E-state index < -0.39 is 6.10 Å². The quantitative estimate of drug-likeness (QED) is 0.588. The van der Waals surface area contributed by atoms with Gasteiger partial charge in [0.1, 0.15) is 12.7 Å². The second kappa shape index (κ2) is 9.88. The molecule has 0 heterocycles. The fourth-order valence-electron chi connectivity index (χ4n) is 1.20. The van der Waals surface area contributed by atoms with Crippen molar-refractivity contribution in [1.82, 2.24) is 5.32 Å². The van der Waals surface area contributed by atoms with E-state index in [1.165, 1.54) is 0 Å². The van der Waals surface area contributed by atoms with Crippen LogP contribution in [0.2, 0.25) is 0 Å². The fourth-order valence-corrected chi connectivity index (χ4v) is 1.20. The molecule has 0 aliphatic heterocycles. The number of oxime groups is 1. The molecule has 5 heteroatoms. The number of halogens is 1. The van der Waals surface area contributed by atoms with Crippen molar-refractivity contribution in [3.8, 4) is 0 Å². The van der Waals surface area contributed by atoms with Gasteiger partial charge in [-0.1, -0.05) is 49.3 Å². The highest BCUT2D eigenvalue weighted by Gasteiger charge is 2.04. The Morgan fingerprint density at radius 3 is 2.61 bits per heavy atom. The predicted molar refractivity (Wildman–Crippen MR) is 76.4 cm³/mol. The van der Waals surface area contributed by atoms with Gasteiger partial charge in [-0.15, -0.1) is 12.4 Å². The molecule has 18 heavy (non-hydrogen) atoms. The van der Waals surface area contributed by atoms with E-state index >= 15 is 0 Å². The third-order valence-corrected chi connectivity index (χ3v) is 2.10. The van der Waals surface area contributed by atoms with Gasteiger partial charge in [0.25, 0.3) is 0 Å². The van der Waals surface area contributed by atoms with Gasteiger partial charge in [-0.3, -0.25) is 0 Å². The van der Waals surface area contributed by atoms with Gasteiger partial charge in [0.15, 0.2) is 0 Å². The Bertz CT molecular complexity index is 331. The molecule has 1 aromatic carbocycles. The summed E-state index contributed by atoms with van der Waals surface area (Å²) in [5.74, 6) is 0. The van der Waals surface area contributed by atoms with E-state index in [1.807, 2.05) is 44.2 Å². The van der Waals surface area contributed by atoms with Gasteiger partial charge >= 0.3 is 0 Å². The molecule has 0 radical (unpaired) electrons. The summed E-state index contributed by atoms with van der Waals surface area (Å²) in [5.41, 5.74) is 0.974. The normalized spacial score (nSPS) is 12.4. The monoisotopic (exact) mass is 272 g/mol. The van der Waals surface area contributed by atoms with Crippen LogP contribution in [0.5, 0.6) is 0 Å². The number of benzene rings is 1. The maximum absolute atomic E-state index is 9.53. The van der Waals surface area contributed by atoms with Crippen LogP contribution >= 0.6 is 12.4 Å². The molecule has 0 saturated carbocycles. The smallest absolute Gasteiger partial charge is 0.144 e. The van der Waals surface area contributed by atoms with Crippen LogP contribution < -0.4 is 5.32 Å². The van der Waals surface area contributed by atoms with E-state index in [1.54, 1.807) is 6.21 Å². The highest BCUT2D eigenvalue weighted by Crippen LogP contribution is 1.94. The average Bonchev–Trinajstić information content (AvgIpc) is 2.33. The van der Waals surface area contributed by atoms with Gasteiger partial charge in [-0.25, -0.2) is 0 Å².